The van der Waals surface area contributed by atoms with Crippen LogP contribution in [-0.4, -0.2) is 35.9 Å². The molecule has 0 saturated carbocycles. The predicted octanol–water partition coefficient (Wildman–Crippen LogP) is 2.99. The molecule has 1 aromatic carbocycles. The van der Waals surface area contributed by atoms with E-state index in [1.165, 1.54) is 0 Å². The number of benzene rings is 1. The van der Waals surface area contributed by atoms with E-state index in [1.54, 1.807) is 0 Å². The third kappa shape index (κ3) is 5.15. The molecule has 0 bridgehead atoms. The Morgan fingerprint density at radius 3 is 2.44 bits per heavy atom. The van der Waals surface area contributed by atoms with E-state index >= 15 is 0 Å². The molecule has 0 spiro atoms. The highest BCUT2D eigenvalue weighted by molar-refractivity contribution is 6.18. The van der Waals surface area contributed by atoms with E-state index in [9.17, 15) is 4.79 Å². The van der Waals surface area contributed by atoms with Gasteiger partial charge in [-0.2, -0.15) is 0 Å². The number of aryl methyl sites for hydroxylation is 1. The summed E-state index contributed by atoms with van der Waals surface area (Å²) in [6.07, 6.45) is 0.688. The normalized spacial score (nSPS) is 10.3. The molecule has 1 rings (SSSR count). The van der Waals surface area contributed by atoms with E-state index in [-0.39, 0.29) is 6.42 Å². The Labute approximate surface area is 117 Å². The summed E-state index contributed by atoms with van der Waals surface area (Å²) in [7, 11) is 0. The number of alkyl halides is 2. The molecule has 0 aliphatic carbocycles. The SMILES string of the molecule is O=C(O)CCc1cccc(N(CCCl)CCCl)c1. The molecule has 3 nitrogen and oxygen atoms in total. The monoisotopic (exact) mass is 289 g/mol. The molecule has 0 aliphatic heterocycles. The Balaban J connectivity index is 2.74. The number of rotatable bonds is 8. The van der Waals surface area contributed by atoms with Gasteiger partial charge in [0.25, 0.3) is 0 Å². The highest BCUT2D eigenvalue weighted by Gasteiger charge is 2.06. The van der Waals surface area contributed by atoms with Crippen molar-refractivity contribution in [2.45, 2.75) is 12.8 Å². The van der Waals surface area contributed by atoms with Crippen LogP contribution in [0.5, 0.6) is 0 Å². The van der Waals surface area contributed by atoms with Crippen LogP contribution in [0.1, 0.15) is 12.0 Å². The fraction of sp³-hybridized carbons (Fsp3) is 0.462. The van der Waals surface area contributed by atoms with E-state index in [1.807, 2.05) is 24.3 Å². The van der Waals surface area contributed by atoms with Gasteiger partial charge < -0.3 is 10.0 Å². The number of anilines is 1. The second-order valence-corrected chi connectivity index (χ2v) is 4.68. The van der Waals surface area contributed by atoms with Gasteiger partial charge in [0.15, 0.2) is 0 Å². The first-order valence-electron chi connectivity index (χ1n) is 5.85. The maximum atomic E-state index is 10.6. The summed E-state index contributed by atoms with van der Waals surface area (Å²) in [4.78, 5) is 12.7. The molecule has 1 N–H and O–H groups in total. The number of carboxylic acid groups (broad SMARTS) is 1. The lowest BCUT2D eigenvalue weighted by Gasteiger charge is -2.23. The summed E-state index contributed by atoms with van der Waals surface area (Å²) < 4.78 is 0. The Kier molecular flexibility index (Phi) is 6.91. The topological polar surface area (TPSA) is 40.5 Å². The van der Waals surface area contributed by atoms with Crippen LogP contribution in [0.4, 0.5) is 5.69 Å². The average molecular weight is 290 g/mol. The van der Waals surface area contributed by atoms with Crippen molar-refractivity contribution in [3.63, 3.8) is 0 Å². The van der Waals surface area contributed by atoms with Gasteiger partial charge in [-0.15, -0.1) is 23.2 Å². The van der Waals surface area contributed by atoms with Crippen LogP contribution in [0.15, 0.2) is 24.3 Å². The van der Waals surface area contributed by atoms with Crippen molar-refractivity contribution in [2.75, 3.05) is 29.7 Å². The molecule has 0 fully saturated rings. The molecular weight excluding hydrogens is 273 g/mol. The molecular formula is C13H17Cl2NO2. The second kappa shape index (κ2) is 8.22. The van der Waals surface area contributed by atoms with Crippen molar-refractivity contribution in [3.8, 4) is 0 Å². The van der Waals surface area contributed by atoms with Gasteiger partial charge in [0, 0.05) is 37.0 Å². The number of aliphatic carboxylic acids is 1. The van der Waals surface area contributed by atoms with E-state index in [0.717, 1.165) is 24.3 Å². The van der Waals surface area contributed by atoms with Crippen molar-refractivity contribution >= 4 is 34.9 Å². The third-order valence-electron chi connectivity index (χ3n) is 2.61. The molecule has 0 aromatic heterocycles. The van der Waals surface area contributed by atoms with Gasteiger partial charge in [-0.3, -0.25) is 4.79 Å². The lowest BCUT2D eigenvalue weighted by Crippen LogP contribution is -2.27. The number of hydrogen-bond donors (Lipinski definition) is 1. The van der Waals surface area contributed by atoms with Crippen LogP contribution < -0.4 is 4.90 Å². The summed E-state index contributed by atoms with van der Waals surface area (Å²) in [6, 6.07) is 7.86. The van der Waals surface area contributed by atoms with Gasteiger partial charge in [0.2, 0.25) is 0 Å². The molecule has 0 amide bonds. The zero-order valence-corrected chi connectivity index (χ0v) is 11.6. The van der Waals surface area contributed by atoms with Crippen LogP contribution in [-0.2, 0) is 11.2 Å². The molecule has 0 unspecified atom stereocenters. The molecule has 0 aliphatic rings. The van der Waals surface area contributed by atoms with Crippen molar-refractivity contribution in [2.24, 2.45) is 0 Å². The maximum Gasteiger partial charge on any atom is 0.303 e. The molecule has 1 aromatic rings. The van der Waals surface area contributed by atoms with Crippen molar-refractivity contribution in [3.05, 3.63) is 29.8 Å². The van der Waals surface area contributed by atoms with Crippen molar-refractivity contribution < 1.29 is 9.90 Å². The highest BCUT2D eigenvalue weighted by Crippen LogP contribution is 2.17. The van der Waals surface area contributed by atoms with Crippen molar-refractivity contribution in [1.82, 2.24) is 0 Å². The zero-order chi connectivity index (χ0) is 13.4. The predicted molar refractivity (Wildman–Crippen MR) is 76.1 cm³/mol. The first-order valence-corrected chi connectivity index (χ1v) is 6.92. The molecule has 0 radical (unpaired) electrons. The van der Waals surface area contributed by atoms with Gasteiger partial charge in [-0.1, -0.05) is 12.1 Å². The minimum Gasteiger partial charge on any atom is -0.481 e. The Bertz CT molecular complexity index is 379. The molecule has 5 heteroatoms. The Hall–Kier alpha value is -0.930. The van der Waals surface area contributed by atoms with Gasteiger partial charge in [-0.25, -0.2) is 0 Å². The highest BCUT2D eigenvalue weighted by atomic mass is 35.5. The van der Waals surface area contributed by atoms with Crippen LogP contribution in [0.25, 0.3) is 0 Å². The smallest absolute Gasteiger partial charge is 0.303 e. The van der Waals surface area contributed by atoms with Gasteiger partial charge >= 0.3 is 5.97 Å². The maximum absolute atomic E-state index is 10.6. The molecule has 18 heavy (non-hydrogen) atoms. The van der Waals surface area contributed by atoms with Crippen molar-refractivity contribution in [1.29, 1.82) is 0 Å². The van der Waals surface area contributed by atoms with Crippen LogP contribution in [0.3, 0.4) is 0 Å². The average Bonchev–Trinajstić information content (AvgIpc) is 2.36. The number of carboxylic acids is 1. The zero-order valence-electron chi connectivity index (χ0n) is 10.1. The van der Waals surface area contributed by atoms with E-state index in [2.05, 4.69) is 4.90 Å². The van der Waals surface area contributed by atoms with E-state index < -0.39 is 5.97 Å². The quantitative estimate of drug-likeness (QED) is 0.748. The third-order valence-corrected chi connectivity index (χ3v) is 2.95. The summed E-state index contributed by atoms with van der Waals surface area (Å²) in [6.45, 7) is 1.47. The fourth-order valence-corrected chi connectivity index (χ4v) is 2.14. The molecule has 0 heterocycles. The van der Waals surface area contributed by atoms with Crippen LogP contribution >= 0.6 is 23.2 Å². The molecule has 100 valence electrons. The lowest BCUT2D eigenvalue weighted by molar-refractivity contribution is -0.136. The van der Waals surface area contributed by atoms with Crippen LogP contribution in [0.2, 0.25) is 0 Å². The number of hydrogen-bond acceptors (Lipinski definition) is 2. The number of halogens is 2. The second-order valence-electron chi connectivity index (χ2n) is 3.93. The van der Waals surface area contributed by atoms with E-state index in [0.29, 0.717) is 18.2 Å². The Morgan fingerprint density at radius 2 is 1.89 bits per heavy atom. The number of nitrogens with zero attached hydrogens (tertiary/aromatic N) is 1. The summed E-state index contributed by atoms with van der Waals surface area (Å²) in [5, 5.41) is 8.68. The largest absolute Gasteiger partial charge is 0.481 e. The fourth-order valence-electron chi connectivity index (χ4n) is 1.73. The lowest BCUT2D eigenvalue weighted by atomic mass is 10.1. The minimum atomic E-state index is -0.779. The van der Waals surface area contributed by atoms with Crippen LogP contribution in [0, 0.1) is 0 Å². The number of carbonyl (C=O) groups is 1. The summed E-state index contributed by atoms with van der Waals surface area (Å²) >= 11 is 11.5. The first-order chi connectivity index (χ1) is 8.67. The summed E-state index contributed by atoms with van der Waals surface area (Å²) in [5.41, 5.74) is 2.06. The summed E-state index contributed by atoms with van der Waals surface area (Å²) in [5.74, 6) is 0.297. The van der Waals surface area contributed by atoms with Gasteiger partial charge in [0.1, 0.15) is 0 Å². The Morgan fingerprint density at radius 1 is 1.22 bits per heavy atom. The van der Waals surface area contributed by atoms with Gasteiger partial charge in [0.05, 0.1) is 0 Å². The minimum absolute atomic E-state index is 0.147. The first kappa shape index (κ1) is 15.1. The molecule has 0 atom stereocenters. The van der Waals surface area contributed by atoms with E-state index in [4.69, 9.17) is 28.3 Å². The van der Waals surface area contributed by atoms with Gasteiger partial charge in [-0.05, 0) is 24.1 Å². The molecule has 0 saturated heterocycles. The standard InChI is InChI=1S/C13H17Cl2NO2/c14-6-8-16(9-7-15)12-3-1-2-11(10-12)4-5-13(17)18/h1-3,10H,4-9H2,(H,17,18).